The van der Waals surface area contributed by atoms with Crippen LogP contribution in [0.2, 0.25) is 0 Å². The molecule has 14 heteroatoms. The molecule has 13 nitrogen and oxygen atoms in total. The van der Waals surface area contributed by atoms with E-state index in [-0.39, 0.29) is 86.9 Å². The molecule has 1 aromatic rings. The molecule has 0 radical (unpaired) electrons. The number of hydrogen-bond acceptors (Lipinski definition) is 12. The maximum atomic E-state index is 12.9. The Bertz CT molecular complexity index is 1160. The molecule has 0 aliphatic rings. The second-order valence-electron chi connectivity index (χ2n) is 10.7. The van der Waals surface area contributed by atoms with Crippen LogP contribution in [-0.2, 0) is 53.5 Å². The number of esters is 1. The Labute approximate surface area is 251 Å². The Kier molecular flexibility index (Phi) is 16.0. The molecular weight excluding hydrogens is 585 g/mol. The lowest BCUT2D eigenvalue weighted by Crippen LogP contribution is -2.45. The Balaban J connectivity index is 2.68. The van der Waals surface area contributed by atoms with Gasteiger partial charge in [-0.15, -0.1) is 0 Å². The van der Waals surface area contributed by atoms with E-state index in [9.17, 15) is 33.3 Å². The first-order valence-corrected chi connectivity index (χ1v) is 15.2. The summed E-state index contributed by atoms with van der Waals surface area (Å²) >= 11 is 0. The number of carbonyl (C=O) groups excluding carboxylic acids is 6. The van der Waals surface area contributed by atoms with Gasteiger partial charge in [0.15, 0.2) is 0 Å². The summed E-state index contributed by atoms with van der Waals surface area (Å²) in [4.78, 5) is 72.2. The van der Waals surface area contributed by atoms with E-state index in [1.807, 2.05) is 0 Å². The van der Waals surface area contributed by atoms with Crippen molar-refractivity contribution in [2.24, 2.45) is 0 Å². The maximum Gasteiger partial charge on any atom is 0.529 e. The van der Waals surface area contributed by atoms with Crippen LogP contribution in [0.15, 0.2) is 24.3 Å². The summed E-state index contributed by atoms with van der Waals surface area (Å²) in [5.41, 5.74) is -0.232. The number of benzene rings is 1. The Hall–Kier alpha value is -3.41. The van der Waals surface area contributed by atoms with Crippen LogP contribution in [0.4, 0.5) is 4.79 Å². The minimum absolute atomic E-state index is 0.00183. The van der Waals surface area contributed by atoms with Crippen LogP contribution in [0, 0.1) is 0 Å². The van der Waals surface area contributed by atoms with Gasteiger partial charge in [0.2, 0.25) is 0 Å². The molecule has 1 amide bonds. The first kappa shape index (κ1) is 37.6. The highest BCUT2D eigenvalue weighted by molar-refractivity contribution is 7.48. The normalized spacial score (nSPS) is 12.1. The SMILES string of the molecule is COP(=O)(OC)Oc1ccc(CC(NC(=O)OC(C)(C)C)C(=O)OCCC(=O)CCC(=O)CCC(=O)CCC(C)=O)cc1. The summed E-state index contributed by atoms with van der Waals surface area (Å²) in [5.74, 6) is -1.44. The van der Waals surface area contributed by atoms with Crippen molar-refractivity contribution < 1.29 is 56.4 Å². The zero-order valence-electron chi connectivity index (χ0n) is 25.6. The van der Waals surface area contributed by atoms with E-state index in [1.165, 1.54) is 33.3 Å². The summed E-state index contributed by atoms with van der Waals surface area (Å²) in [7, 11) is -1.41. The fraction of sp³-hybridized carbons (Fsp3) is 0.586. The summed E-state index contributed by atoms with van der Waals surface area (Å²) in [6.45, 7) is 6.13. The fourth-order valence-electron chi connectivity index (χ4n) is 3.46. The van der Waals surface area contributed by atoms with Gasteiger partial charge in [0.1, 0.15) is 40.5 Å². The van der Waals surface area contributed by atoms with Gasteiger partial charge >= 0.3 is 19.9 Å². The minimum atomic E-state index is -3.76. The molecule has 43 heavy (non-hydrogen) atoms. The number of ketones is 4. The van der Waals surface area contributed by atoms with Crippen molar-refractivity contribution in [1.29, 1.82) is 0 Å². The largest absolute Gasteiger partial charge is 0.529 e. The second-order valence-corrected chi connectivity index (χ2v) is 12.5. The van der Waals surface area contributed by atoms with Crippen LogP contribution < -0.4 is 9.84 Å². The highest BCUT2D eigenvalue weighted by atomic mass is 31.2. The number of nitrogens with one attached hydrogen (secondary N) is 1. The zero-order chi connectivity index (χ0) is 32.6. The highest BCUT2D eigenvalue weighted by Gasteiger charge is 2.27. The first-order chi connectivity index (χ1) is 20.1. The quantitative estimate of drug-likeness (QED) is 0.159. The molecule has 0 aliphatic carbocycles. The number of Topliss-reactive ketones (excluding diaryl/α,β-unsaturated/α-hetero) is 4. The van der Waals surface area contributed by atoms with Gasteiger partial charge in [0, 0.05) is 65.6 Å². The average Bonchev–Trinajstić information content (AvgIpc) is 2.93. The second kappa shape index (κ2) is 18.3. The van der Waals surface area contributed by atoms with Gasteiger partial charge in [-0.2, -0.15) is 0 Å². The maximum absolute atomic E-state index is 12.9. The highest BCUT2D eigenvalue weighted by Crippen LogP contribution is 2.47. The summed E-state index contributed by atoms with van der Waals surface area (Å²) in [6, 6.07) is 4.97. The van der Waals surface area contributed by atoms with Crippen LogP contribution in [0.5, 0.6) is 5.75 Å². The molecule has 0 heterocycles. The Morgan fingerprint density at radius 3 is 1.74 bits per heavy atom. The number of phosphoric acid groups is 1. The van der Waals surface area contributed by atoms with Gasteiger partial charge in [-0.3, -0.25) is 23.4 Å². The van der Waals surface area contributed by atoms with Crippen molar-refractivity contribution >= 4 is 43.0 Å². The third-order valence-electron chi connectivity index (χ3n) is 5.75. The number of amides is 1. The number of carbonyl (C=O) groups is 6. The van der Waals surface area contributed by atoms with Gasteiger partial charge in [-0.25, -0.2) is 14.2 Å². The third kappa shape index (κ3) is 16.7. The molecule has 0 aliphatic heterocycles. The van der Waals surface area contributed by atoms with Gasteiger partial charge in [-0.05, 0) is 45.4 Å². The van der Waals surface area contributed by atoms with Gasteiger partial charge < -0.3 is 24.1 Å². The molecule has 0 saturated heterocycles. The van der Waals surface area contributed by atoms with Crippen molar-refractivity contribution in [3.05, 3.63) is 29.8 Å². The number of rotatable bonds is 20. The van der Waals surface area contributed by atoms with E-state index in [2.05, 4.69) is 5.32 Å². The van der Waals surface area contributed by atoms with E-state index < -0.39 is 31.5 Å². The molecule has 1 N–H and O–H groups in total. The zero-order valence-corrected chi connectivity index (χ0v) is 26.5. The lowest BCUT2D eigenvalue weighted by Gasteiger charge is -2.23. The molecular formula is C29H42NO12P. The molecule has 1 unspecified atom stereocenters. The number of phosphoric ester groups is 1. The van der Waals surface area contributed by atoms with Crippen LogP contribution in [-0.4, -0.2) is 67.7 Å². The van der Waals surface area contributed by atoms with Crippen LogP contribution in [0.25, 0.3) is 0 Å². The van der Waals surface area contributed by atoms with E-state index in [0.29, 0.717) is 5.56 Å². The standard InChI is InChI=1S/C29H42NO12P/c1-20(31)7-10-22(32)11-12-23(33)13-14-24(34)17-18-40-27(35)26(30-28(36)41-29(2,3)4)19-21-8-15-25(16-9-21)42-43(37,38-5)39-6/h8-9,15-16,26H,7,10-14,17-19H2,1-6H3,(H,30,36). The number of alkyl carbamates (subject to hydrolysis) is 1. The molecule has 0 fully saturated rings. The monoisotopic (exact) mass is 627 g/mol. The van der Waals surface area contributed by atoms with Crippen LogP contribution >= 0.6 is 7.82 Å². The predicted octanol–water partition coefficient (Wildman–Crippen LogP) is 4.47. The molecule has 0 aromatic heterocycles. The molecule has 1 rings (SSSR count). The van der Waals surface area contributed by atoms with Crippen molar-refractivity contribution in [3.63, 3.8) is 0 Å². The molecule has 1 aromatic carbocycles. The van der Waals surface area contributed by atoms with Gasteiger partial charge in [-0.1, -0.05) is 12.1 Å². The molecule has 0 saturated carbocycles. The molecule has 1 atom stereocenters. The lowest BCUT2D eigenvalue weighted by molar-refractivity contribution is -0.146. The average molecular weight is 628 g/mol. The van der Waals surface area contributed by atoms with Crippen molar-refractivity contribution in [2.75, 3.05) is 20.8 Å². The van der Waals surface area contributed by atoms with Crippen LogP contribution in [0.3, 0.4) is 0 Å². The smallest absolute Gasteiger partial charge is 0.464 e. The Morgan fingerprint density at radius 2 is 1.28 bits per heavy atom. The van der Waals surface area contributed by atoms with Gasteiger partial charge in [0.05, 0.1) is 6.61 Å². The summed E-state index contributed by atoms with van der Waals surface area (Å²) < 4.78 is 37.4. The first-order valence-electron chi connectivity index (χ1n) is 13.8. The van der Waals surface area contributed by atoms with Gasteiger partial charge in [0.25, 0.3) is 0 Å². The fourth-order valence-corrected chi connectivity index (χ4v) is 4.14. The van der Waals surface area contributed by atoms with E-state index in [0.717, 1.165) is 0 Å². The molecule has 0 spiro atoms. The van der Waals surface area contributed by atoms with Crippen molar-refractivity contribution in [1.82, 2.24) is 5.32 Å². The lowest BCUT2D eigenvalue weighted by atomic mass is 10.0. The van der Waals surface area contributed by atoms with E-state index in [1.54, 1.807) is 32.9 Å². The number of ether oxygens (including phenoxy) is 2. The summed E-state index contributed by atoms with van der Waals surface area (Å²) in [6.07, 6.45) is -0.812. The minimum Gasteiger partial charge on any atom is -0.464 e. The van der Waals surface area contributed by atoms with E-state index in [4.69, 9.17) is 23.0 Å². The Morgan fingerprint density at radius 1 is 0.791 bits per heavy atom. The topological polar surface area (TPSA) is 178 Å². The summed E-state index contributed by atoms with van der Waals surface area (Å²) in [5, 5.41) is 2.48. The van der Waals surface area contributed by atoms with Crippen molar-refractivity contribution in [2.45, 2.75) is 90.7 Å². The molecule has 240 valence electrons. The number of hydrogen-bond donors (Lipinski definition) is 1. The van der Waals surface area contributed by atoms with Crippen molar-refractivity contribution in [3.8, 4) is 5.75 Å². The van der Waals surface area contributed by atoms with E-state index >= 15 is 0 Å². The van der Waals surface area contributed by atoms with Crippen LogP contribution in [0.1, 0.15) is 78.2 Å². The predicted molar refractivity (Wildman–Crippen MR) is 155 cm³/mol. The third-order valence-corrected chi connectivity index (χ3v) is 7.08. The molecule has 0 bridgehead atoms.